The maximum Gasteiger partial charge on any atom is 0.247 e. The van der Waals surface area contributed by atoms with Crippen LogP contribution in [0.2, 0.25) is 0 Å². The number of alkyl halides is 1. The molecule has 0 unspecified atom stereocenters. The van der Waals surface area contributed by atoms with Gasteiger partial charge in [0.05, 0.1) is 5.75 Å². The molecule has 0 aliphatic carbocycles. The maximum absolute atomic E-state index is 11.1. The first-order valence-corrected chi connectivity index (χ1v) is 5.52. The van der Waals surface area contributed by atoms with Gasteiger partial charge in [-0.25, -0.2) is 13.2 Å². The summed E-state index contributed by atoms with van der Waals surface area (Å²) in [4.78, 5) is 2.30. The third-order valence-corrected chi connectivity index (χ3v) is 2.84. The van der Waals surface area contributed by atoms with Gasteiger partial charge in [-0.15, -0.1) is 11.6 Å². The largest absolute Gasteiger partial charge is 0.262 e. The molecule has 68 valence electrons. The number of nitrogens with zero attached hydrogens (tertiary/aromatic N) is 1. The summed E-state index contributed by atoms with van der Waals surface area (Å²) in [6.07, 6.45) is 3.21. The molecule has 1 N–H and O–H groups in total. The zero-order valence-corrected chi connectivity index (χ0v) is 7.85. The van der Waals surface area contributed by atoms with Crippen LogP contribution in [-0.2, 0) is 10.0 Å². The van der Waals surface area contributed by atoms with Gasteiger partial charge < -0.3 is 0 Å². The highest BCUT2D eigenvalue weighted by Crippen LogP contribution is 1.92. The second-order valence-electron chi connectivity index (χ2n) is 2.19. The van der Waals surface area contributed by atoms with E-state index in [2.05, 4.69) is 4.83 Å². The van der Waals surface area contributed by atoms with Crippen molar-refractivity contribution in [1.29, 1.82) is 0 Å². The van der Waals surface area contributed by atoms with Gasteiger partial charge in [0.15, 0.2) is 0 Å². The van der Waals surface area contributed by atoms with Gasteiger partial charge in [-0.2, -0.15) is 0 Å². The van der Waals surface area contributed by atoms with Crippen molar-refractivity contribution >= 4 is 21.6 Å². The summed E-state index contributed by atoms with van der Waals surface area (Å²) in [7, 11) is -3.27. The Morgan fingerprint density at radius 2 is 1.92 bits per heavy atom. The molecule has 0 spiro atoms. The highest BCUT2D eigenvalue weighted by molar-refractivity contribution is 7.92. The standard InChI is InChI=1S/C6H9ClN2O2S/c7-3-6-12(10,11)8-9-4-1-2-5-9/h1-2,4-5,8H,3,6H2. The normalized spacial score (nSPS) is 11.4. The molecule has 0 radical (unpaired) electrons. The third-order valence-electron chi connectivity index (χ3n) is 1.19. The van der Waals surface area contributed by atoms with Crippen LogP contribution in [0.5, 0.6) is 0 Å². The molecule has 1 aromatic rings. The minimum absolute atomic E-state index is 0.0767. The van der Waals surface area contributed by atoms with Gasteiger partial charge >= 0.3 is 0 Å². The van der Waals surface area contributed by atoms with Gasteiger partial charge in [0, 0.05) is 18.3 Å². The molecule has 0 saturated carbocycles. The maximum atomic E-state index is 11.1. The fourth-order valence-electron chi connectivity index (χ4n) is 0.703. The van der Waals surface area contributed by atoms with Crippen molar-refractivity contribution in [2.24, 2.45) is 0 Å². The number of rotatable bonds is 4. The van der Waals surface area contributed by atoms with Crippen LogP contribution in [0.1, 0.15) is 0 Å². The molecule has 0 amide bonds. The van der Waals surface area contributed by atoms with Crippen LogP contribution in [-0.4, -0.2) is 24.7 Å². The Morgan fingerprint density at radius 3 is 2.42 bits per heavy atom. The summed E-state index contributed by atoms with van der Waals surface area (Å²) >= 11 is 5.30. The Kier molecular flexibility index (Phi) is 2.99. The predicted molar refractivity (Wildman–Crippen MR) is 48.3 cm³/mol. The molecule has 1 aromatic heterocycles. The van der Waals surface area contributed by atoms with E-state index in [-0.39, 0.29) is 11.6 Å². The first-order chi connectivity index (χ1) is 5.64. The molecule has 6 heteroatoms. The Morgan fingerprint density at radius 1 is 1.33 bits per heavy atom. The molecular formula is C6H9ClN2O2S. The molecule has 0 atom stereocenters. The lowest BCUT2D eigenvalue weighted by Gasteiger charge is -2.06. The number of halogens is 1. The summed E-state index contributed by atoms with van der Waals surface area (Å²) in [5.74, 6) is 0.0172. The van der Waals surface area contributed by atoms with Crippen molar-refractivity contribution in [3.05, 3.63) is 24.5 Å². The van der Waals surface area contributed by atoms with Gasteiger partial charge in [0.25, 0.3) is 0 Å². The molecule has 0 aliphatic heterocycles. The van der Waals surface area contributed by atoms with Crippen LogP contribution >= 0.6 is 11.6 Å². The van der Waals surface area contributed by atoms with E-state index in [0.29, 0.717) is 0 Å². The van der Waals surface area contributed by atoms with E-state index in [1.807, 2.05) is 0 Å². The zero-order valence-electron chi connectivity index (χ0n) is 6.27. The molecule has 1 heterocycles. The molecule has 1 rings (SSSR count). The second-order valence-corrected chi connectivity index (χ2v) is 4.39. The molecule has 0 aliphatic rings. The van der Waals surface area contributed by atoms with Crippen molar-refractivity contribution in [2.45, 2.75) is 0 Å². The summed E-state index contributed by atoms with van der Waals surface area (Å²) in [5.41, 5.74) is 0. The first-order valence-electron chi connectivity index (χ1n) is 3.33. The van der Waals surface area contributed by atoms with Gasteiger partial charge in [0.1, 0.15) is 0 Å². The van der Waals surface area contributed by atoms with Gasteiger partial charge in [-0.1, -0.05) is 0 Å². The van der Waals surface area contributed by atoms with E-state index in [9.17, 15) is 8.42 Å². The number of hydrogen-bond acceptors (Lipinski definition) is 2. The van der Waals surface area contributed by atoms with Crippen molar-refractivity contribution < 1.29 is 8.42 Å². The Labute approximate surface area is 76.2 Å². The van der Waals surface area contributed by atoms with Crippen LogP contribution in [0.15, 0.2) is 24.5 Å². The topological polar surface area (TPSA) is 51.1 Å². The van der Waals surface area contributed by atoms with Gasteiger partial charge in [-0.3, -0.25) is 4.68 Å². The molecule has 12 heavy (non-hydrogen) atoms. The quantitative estimate of drug-likeness (QED) is 0.737. The van der Waals surface area contributed by atoms with E-state index in [0.717, 1.165) is 0 Å². The van der Waals surface area contributed by atoms with Crippen LogP contribution < -0.4 is 4.83 Å². The molecule has 0 bridgehead atoms. The number of aromatic nitrogens is 1. The van der Waals surface area contributed by atoms with E-state index < -0.39 is 10.0 Å². The number of hydrogen-bond donors (Lipinski definition) is 1. The van der Waals surface area contributed by atoms with Crippen LogP contribution in [0, 0.1) is 0 Å². The monoisotopic (exact) mass is 208 g/mol. The molecule has 0 aromatic carbocycles. The van der Waals surface area contributed by atoms with E-state index in [4.69, 9.17) is 11.6 Å². The van der Waals surface area contributed by atoms with Gasteiger partial charge in [0.2, 0.25) is 10.0 Å². The van der Waals surface area contributed by atoms with Crippen LogP contribution in [0.4, 0.5) is 0 Å². The smallest absolute Gasteiger partial charge is 0.247 e. The fraction of sp³-hybridized carbons (Fsp3) is 0.333. The Bertz CT molecular complexity index is 319. The SMILES string of the molecule is O=S(=O)(CCCl)Nn1cccc1. The first kappa shape index (κ1) is 9.41. The second kappa shape index (κ2) is 3.82. The number of nitrogens with one attached hydrogen (secondary N) is 1. The molecular weight excluding hydrogens is 200 g/mol. The van der Waals surface area contributed by atoms with Crippen molar-refractivity contribution in [3.8, 4) is 0 Å². The average Bonchev–Trinajstić information content (AvgIpc) is 2.38. The zero-order chi connectivity index (χ0) is 9.03. The van der Waals surface area contributed by atoms with Crippen LogP contribution in [0.3, 0.4) is 0 Å². The summed E-state index contributed by atoms with van der Waals surface area (Å²) < 4.78 is 23.5. The third kappa shape index (κ3) is 2.75. The Balaban J connectivity index is 2.63. The molecule has 4 nitrogen and oxygen atoms in total. The lowest BCUT2D eigenvalue weighted by Crippen LogP contribution is -2.24. The van der Waals surface area contributed by atoms with E-state index in [1.165, 1.54) is 4.68 Å². The Hall–Kier alpha value is -0.680. The van der Waals surface area contributed by atoms with E-state index >= 15 is 0 Å². The van der Waals surface area contributed by atoms with Crippen molar-refractivity contribution in [1.82, 2.24) is 4.68 Å². The van der Waals surface area contributed by atoms with Crippen molar-refractivity contribution in [2.75, 3.05) is 16.5 Å². The molecule has 0 saturated heterocycles. The lowest BCUT2D eigenvalue weighted by atomic mass is 10.7. The predicted octanol–water partition coefficient (Wildman–Crippen LogP) is 0.600. The minimum atomic E-state index is -3.27. The number of sulfonamides is 1. The highest BCUT2D eigenvalue weighted by atomic mass is 35.5. The van der Waals surface area contributed by atoms with Gasteiger partial charge in [-0.05, 0) is 12.1 Å². The lowest BCUT2D eigenvalue weighted by molar-refractivity contribution is 0.597. The summed E-state index contributed by atoms with van der Waals surface area (Å²) in [5, 5.41) is 0. The van der Waals surface area contributed by atoms with E-state index in [1.54, 1.807) is 24.5 Å². The fourth-order valence-corrected chi connectivity index (χ4v) is 2.05. The molecule has 0 fully saturated rings. The van der Waals surface area contributed by atoms with Crippen LogP contribution in [0.25, 0.3) is 0 Å². The highest BCUT2D eigenvalue weighted by Gasteiger charge is 2.07. The minimum Gasteiger partial charge on any atom is -0.262 e. The summed E-state index contributed by atoms with van der Waals surface area (Å²) in [6, 6.07) is 3.45. The average molecular weight is 209 g/mol. The summed E-state index contributed by atoms with van der Waals surface area (Å²) in [6.45, 7) is 0. The van der Waals surface area contributed by atoms with Crippen molar-refractivity contribution in [3.63, 3.8) is 0 Å².